The lowest BCUT2D eigenvalue weighted by Gasteiger charge is -2.28. The maximum absolute atomic E-state index is 12.2. The molecule has 2 aliphatic rings. The van der Waals surface area contributed by atoms with Crippen LogP contribution in [0.4, 0.5) is 0 Å². The highest BCUT2D eigenvalue weighted by molar-refractivity contribution is 5.87. The predicted molar refractivity (Wildman–Crippen MR) is 73.3 cm³/mol. The van der Waals surface area contributed by atoms with Gasteiger partial charge in [0.25, 0.3) is 0 Å². The molecule has 1 aliphatic carbocycles. The fraction of sp³-hybridized carbons (Fsp3) is 0.857. The van der Waals surface area contributed by atoms with Gasteiger partial charge in [-0.25, -0.2) is 4.79 Å². The van der Waals surface area contributed by atoms with Gasteiger partial charge in [-0.3, -0.25) is 4.79 Å². The first kappa shape index (κ1) is 15.3. The van der Waals surface area contributed by atoms with Gasteiger partial charge in [-0.1, -0.05) is 19.3 Å². The second kappa shape index (κ2) is 7.04. The Hall–Kier alpha value is -1.14. The van der Waals surface area contributed by atoms with Gasteiger partial charge in [0.15, 0.2) is 0 Å². The second-order valence-corrected chi connectivity index (χ2v) is 5.78. The van der Waals surface area contributed by atoms with Gasteiger partial charge in [0, 0.05) is 13.7 Å². The van der Waals surface area contributed by atoms with Crippen LogP contribution >= 0.6 is 0 Å². The zero-order valence-corrected chi connectivity index (χ0v) is 11.9. The van der Waals surface area contributed by atoms with Crippen molar-refractivity contribution in [2.45, 2.75) is 56.7 Å². The van der Waals surface area contributed by atoms with Gasteiger partial charge in [0.05, 0.1) is 12.1 Å². The molecule has 6 nitrogen and oxygen atoms in total. The molecule has 6 heteroatoms. The van der Waals surface area contributed by atoms with E-state index in [0.717, 1.165) is 32.1 Å². The Morgan fingerprint density at radius 2 is 2.00 bits per heavy atom. The van der Waals surface area contributed by atoms with Crippen molar-refractivity contribution in [3.8, 4) is 0 Å². The van der Waals surface area contributed by atoms with Crippen LogP contribution in [0.15, 0.2) is 0 Å². The van der Waals surface area contributed by atoms with E-state index < -0.39 is 12.0 Å². The number of amides is 1. The van der Waals surface area contributed by atoms with Gasteiger partial charge >= 0.3 is 5.97 Å². The molecule has 3 atom stereocenters. The predicted octanol–water partition coefficient (Wildman–Crippen LogP) is 0.513. The van der Waals surface area contributed by atoms with Gasteiger partial charge in [-0.05, 0) is 25.2 Å². The summed E-state index contributed by atoms with van der Waals surface area (Å²) in [6.45, 7) is 0.635. The van der Waals surface area contributed by atoms with Crippen molar-refractivity contribution in [1.82, 2.24) is 10.6 Å². The summed E-state index contributed by atoms with van der Waals surface area (Å²) in [5, 5.41) is 15.1. The van der Waals surface area contributed by atoms with E-state index in [1.807, 2.05) is 0 Å². The summed E-state index contributed by atoms with van der Waals surface area (Å²) in [5.74, 6) is -1.08. The van der Waals surface area contributed by atoms with E-state index in [-0.39, 0.29) is 24.0 Å². The second-order valence-electron chi connectivity index (χ2n) is 5.78. The molecule has 0 aromatic rings. The maximum Gasteiger partial charge on any atom is 0.326 e. The third-order valence-corrected chi connectivity index (χ3v) is 4.43. The molecule has 20 heavy (non-hydrogen) atoms. The number of hydrogen-bond acceptors (Lipinski definition) is 4. The molecule has 0 spiro atoms. The molecular formula is C14H24N2O4. The van der Waals surface area contributed by atoms with Crippen molar-refractivity contribution in [1.29, 1.82) is 0 Å². The van der Waals surface area contributed by atoms with Crippen LogP contribution in [-0.2, 0) is 14.3 Å². The lowest BCUT2D eigenvalue weighted by molar-refractivity contribution is -0.144. The Morgan fingerprint density at radius 1 is 1.30 bits per heavy atom. The van der Waals surface area contributed by atoms with Crippen molar-refractivity contribution < 1.29 is 19.4 Å². The number of carbonyl (C=O) groups excluding carboxylic acids is 1. The molecule has 0 aromatic carbocycles. The fourth-order valence-corrected chi connectivity index (χ4v) is 3.19. The number of carboxylic acid groups (broad SMARTS) is 1. The van der Waals surface area contributed by atoms with Gasteiger partial charge in [-0.15, -0.1) is 0 Å². The lowest BCUT2D eigenvalue weighted by atomic mass is 9.84. The van der Waals surface area contributed by atoms with Crippen molar-refractivity contribution in [2.24, 2.45) is 5.92 Å². The number of hydrogen-bond donors (Lipinski definition) is 3. The van der Waals surface area contributed by atoms with Crippen LogP contribution in [0, 0.1) is 5.92 Å². The third-order valence-electron chi connectivity index (χ3n) is 4.43. The molecular weight excluding hydrogens is 260 g/mol. The Bertz CT molecular complexity index is 355. The monoisotopic (exact) mass is 284 g/mol. The fourth-order valence-electron chi connectivity index (χ4n) is 3.19. The number of carboxylic acids is 1. The van der Waals surface area contributed by atoms with Crippen molar-refractivity contribution in [2.75, 3.05) is 13.7 Å². The van der Waals surface area contributed by atoms with Gasteiger partial charge < -0.3 is 20.5 Å². The summed E-state index contributed by atoms with van der Waals surface area (Å²) in [5.41, 5.74) is 0. The Morgan fingerprint density at radius 3 is 2.55 bits per heavy atom. The number of rotatable bonds is 5. The molecule has 2 rings (SSSR count). The number of aliphatic carboxylic acids is 1. The lowest BCUT2D eigenvalue weighted by Crippen LogP contribution is -2.51. The number of carbonyl (C=O) groups is 2. The zero-order chi connectivity index (χ0) is 14.5. The number of methoxy groups -OCH3 is 1. The molecule has 1 heterocycles. The molecule has 114 valence electrons. The van der Waals surface area contributed by atoms with Gasteiger partial charge in [0.1, 0.15) is 6.04 Å². The normalized spacial score (nSPS) is 29.1. The highest BCUT2D eigenvalue weighted by Gasteiger charge is 2.35. The van der Waals surface area contributed by atoms with E-state index in [1.165, 1.54) is 0 Å². The molecule has 1 saturated carbocycles. The first-order valence-corrected chi connectivity index (χ1v) is 7.41. The van der Waals surface area contributed by atoms with Crippen LogP contribution in [0.5, 0.6) is 0 Å². The van der Waals surface area contributed by atoms with Crippen LogP contribution < -0.4 is 10.6 Å². The maximum atomic E-state index is 12.2. The summed E-state index contributed by atoms with van der Waals surface area (Å²) >= 11 is 0. The first-order valence-electron chi connectivity index (χ1n) is 7.41. The Labute approximate surface area is 119 Å². The molecule has 1 saturated heterocycles. The molecule has 3 N–H and O–H groups in total. The quantitative estimate of drug-likeness (QED) is 0.685. The van der Waals surface area contributed by atoms with E-state index in [1.54, 1.807) is 7.11 Å². The summed E-state index contributed by atoms with van der Waals surface area (Å²) in [6.07, 6.45) is 5.67. The zero-order valence-electron chi connectivity index (χ0n) is 11.9. The van der Waals surface area contributed by atoms with E-state index in [4.69, 9.17) is 4.74 Å². The molecule has 1 aliphatic heterocycles. The van der Waals surface area contributed by atoms with Crippen molar-refractivity contribution >= 4 is 11.9 Å². The third kappa shape index (κ3) is 3.70. The van der Waals surface area contributed by atoms with Crippen LogP contribution in [0.25, 0.3) is 0 Å². The average molecular weight is 284 g/mol. The summed E-state index contributed by atoms with van der Waals surface area (Å²) in [4.78, 5) is 23.6. The highest BCUT2D eigenvalue weighted by atomic mass is 16.5. The Balaban J connectivity index is 1.90. The van der Waals surface area contributed by atoms with E-state index in [0.29, 0.717) is 13.0 Å². The minimum Gasteiger partial charge on any atom is -0.480 e. The first-order chi connectivity index (χ1) is 9.61. The topological polar surface area (TPSA) is 87.7 Å². The molecule has 2 fully saturated rings. The SMILES string of the molecule is COC1CNC(C(=O)NC(C(=O)O)C2CCCCC2)C1. The molecule has 0 radical (unpaired) electrons. The average Bonchev–Trinajstić information content (AvgIpc) is 2.94. The van der Waals surface area contributed by atoms with Crippen LogP contribution in [0.2, 0.25) is 0 Å². The van der Waals surface area contributed by atoms with Crippen LogP contribution in [0.3, 0.4) is 0 Å². The minimum absolute atomic E-state index is 0.0312. The molecule has 1 amide bonds. The highest BCUT2D eigenvalue weighted by Crippen LogP contribution is 2.26. The number of ether oxygens (including phenoxy) is 1. The molecule has 0 bridgehead atoms. The van der Waals surface area contributed by atoms with E-state index in [9.17, 15) is 14.7 Å². The number of nitrogens with one attached hydrogen (secondary N) is 2. The van der Waals surface area contributed by atoms with Gasteiger partial charge in [0.2, 0.25) is 5.91 Å². The Kier molecular flexibility index (Phi) is 5.37. The summed E-state index contributed by atoms with van der Waals surface area (Å²) in [6, 6.07) is -1.10. The minimum atomic E-state index is -0.925. The standard InChI is InChI=1S/C14H24N2O4/c1-20-10-7-11(15-8-10)13(17)16-12(14(18)19)9-5-3-2-4-6-9/h9-12,15H,2-8H2,1H3,(H,16,17)(H,18,19). The van der Waals surface area contributed by atoms with Crippen molar-refractivity contribution in [3.63, 3.8) is 0 Å². The van der Waals surface area contributed by atoms with Crippen molar-refractivity contribution in [3.05, 3.63) is 0 Å². The van der Waals surface area contributed by atoms with Crippen LogP contribution in [0.1, 0.15) is 38.5 Å². The molecule has 0 aromatic heterocycles. The summed E-state index contributed by atoms with van der Waals surface area (Å²) in [7, 11) is 1.62. The van der Waals surface area contributed by atoms with E-state index >= 15 is 0 Å². The smallest absolute Gasteiger partial charge is 0.326 e. The van der Waals surface area contributed by atoms with Gasteiger partial charge in [-0.2, -0.15) is 0 Å². The van der Waals surface area contributed by atoms with E-state index in [2.05, 4.69) is 10.6 Å². The summed E-state index contributed by atoms with van der Waals surface area (Å²) < 4.78 is 5.20. The molecule has 3 unspecified atom stereocenters. The largest absolute Gasteiger partial charge is 0.480 e. The van der Waals surface area contributed by atoms with Crippen LogP contribution in [-0.4, -0.2) is 48.8 Å².